The van der Waals surface area contributed by atoms with Crippen LogP contribution in [-0.4, -0.2) is 42.7 Å². The molecule has 7 heteroatoms. The first-order valence-electron chi connectivity index (χ1n) is 8.53. The number of carbonyl (C=O) groups excluding carboxylic acids is 1. The molecule has 7 nitrogen and oxygen atoms in total. The van der Waals surface area contributed by atoms with Gasteiger partial charge in [0.05, 0.1) is 35.0 Å². The third-order valence-electron chi connectivity index (χ3n) is 4.93. The number of fused-ring (bicyclic) bond motifs is 1. The topological polar surface area (TPSA) is 68.0 Å². The van der Waals surface area contributed by atoms with E-state index >= 15 is 0 Å². The third-order valence-corrected chi connectivity index (χ3v) is 4.93. The van der Waals surface area contributed by atoms with Crippen molar-refractivity contribution in [1.29, 1.82) is 0 Å². The first-order chi connectivity index (χ1) is 11.5. The standard InChI is InChI=1S/C17H24N6O/c1-11-6-13(22(3)20-11)7-23-8-14(17(24)19-12-4-5-12)16-15(9-23)18-10-21(16)2/h6,10,12,14H,4-5,7-9H2,1-3H3,(H,19,24)/t14-/m0/s1. The minimum atomic E-state index is -0.156. The molecule has 0 bridgehead atoms. The molecular formula is C17H24N6O. The van der Waals surface area contributed by atoms with E-state index in [2.05, 4.69) is 26.4 Å². The van der Waals surface area contributed by atoms with Gasteiger partial charge in [-0.1, -0.05) is 0 Å². The molecule has 3 heterocycles. The van der Waals surface area contributed by atoms with Gasteiger partial charge in [0.1, 0.15) is 0 Å². The number of hydrogen-bond donors (Lipinski definition) is 1. The number of hydrogen-bond acceptors (Lipinski definition) is 4. The van der Waals surface area contributed by atoms with E-state index < -0.39 is 0 Å². The zero-order valence-electron chi connectivity index (χ0n) is 14.5. The van der Waals surface area contributed by atoms with Gasteiger partial charge < -0.3 is 9.88 Å². The predicted molar refractivity (Wildman–Crippen MR) is 89.2 cm³/mol. The van der Waals surface area contributed by atoms with Crippen LogP contribution in [0.5, 0.6) is 0 Å². The smallest absolute Gasteiger partial charge is 0.230 e. The number of amides is 1. The molecule has 4 rings (SSSR count). The van der Waals surface area contributed by atoms with E-state index in [1.165, 1.54) is 0 Å². The Morgan fingerprint density at radius 3 is 2.83 bits per heavy atom. The van der Waals surface area contributed by atoms with Crippen molar-refractivity contribution in [1.82, 2.24) is 29.5 Å². The van der Waals surface area contributed by atoms with Gasteiger partial charge in [-0.2, -0.15) is 5.10 Å². The van der Waals surface area contributed by atoms with Crippen LogP contribution >= 0.6 is 0 Å². The molecule has 2 aromatic heterocycles. The van der Waals surface area contributed by atoms with Gasteiger partial charge in [-0.3, -0.25) is 14.4 Å². The summed E-state index contributed by atoms with van der Waals surface area (Å²) in [5, 5.41) is 7.57. The maximum absolute atomic E-state index is 12.7. The van der Waals surface area contributed by atoms with Gasteiger partial charge in [0.2, 0.25) is 5.91 Å². The summed E-state index contributed by atoms with van der Waals surface area (Å²) in [5.41, 5.74) is 4.25. The summed E-state index contributed by atoms with van der Waals surface area (Å²) >= 11 is 0. The van der Waals surface area contributed by atoms with Crippen LogP contribution in [0, 0.1) is 6.92 Å². The number of nitrogens with zero attached hydrogens (tertiary/aromatic N) is 5. The number of imidazole rings is 1. The second kappa shape index (κ2) is 5.73. The molecule has 2 aliphatic rings. The molecule has 0 radical (unpaired) electrons. The molecule has 0 aromatic carbocycles. The molecule has 1 N–H and O–H groups in total. The minimum absolute atomic E-state index is 0.133. The Bertz CT molecular complexity index is 772. The second-order valence-corrected chi connectivity index (χ2v) is 7.09. The van der Waals surface area contributed by atoms with Crippen molar-refractivity contribution in [2.75, 3.05) is 6.54 Å². The van der Waals surface area contributed by atoms with E-state index in [1.807, 2.05) is 36.6 Å². The van der Waals surface area contributed by atoms with Crippen molar-refractivity contribution in [3.8, 4) is 0 Å². The highest BCUT2D eigenvalue weighted by molar-refractivity contribution is 5.84. The number of rotatable bonds is 4. The molecule has 1 saturated carbocycles. The van der Waals surface area contributed by atoms with Crippen molar-refractivity contribution in [2.45, 2.75) is 44.8 Å². The van der Waals surface area contributed by atoms with E-state index in [1.54, 1.807) is 0 Å². The number of carbonyl (C=O) groups is 1. The fourth-order valence-corrected chi connectivity index (χ4v) is 3.58. The summed E-state index contributed by atoms with van der Waals surface area (Å²) in [6.07, 6.45) is 4.03. The zero-order valence-corrected chi connectivity index (χ0v) is 14.5. The van der Waals surface area contributed by atoms with E-state index in [-0.39, 0.29) is 11.8 Å². The van der Waals surface area contributed by atoms with Crippen LogP contribution in [0.15, 0.2) is 12.4 Å². The predicted octanol–water partition coefficient (Wildman–Crippen LogP) is 0.840. The summed E-state index contributed by atoms with van der Waals surface area (Å²) in [6.45, 7) is 4.27. The average Bonchev–Trinajstić information content (AvgIpc) is 3.19. The fourth-order valence-electron chi connectivity index (χ4n) is 3.58. The summed E-state index contributed by atoms with van der Waals surface area (Å²) in [4.78, 5) is 19.6. The highest BCUT2D eigenvalue weighted by Crippen LogP contribution is 2.30. The second-order valence-electron chi connectivity index (χ2n) is 7.09. The van der Waals surface area contributed by atoms with Crippen molar-refractivity contribution in [2.24, 2.45) is 14.1 Å². The monoisotopic (exact) mass is 328 g/mol. The molecule has 24 heavy (non-hydrogen) atoms. The molecule has 0 spiro atoms. The molecule has 2 aromatic rings. The Hall–Kier alpha value is -2.15. The Morgan fingerprint density at radius 2 is 2.17 bits per heavy atom. The van der Waals surface area contributed by atoms with Gasteiger partial charge in [-0.15, -0.1) is 0 Å². The van der Waals surface area contributed by atoms with Crippen LogP contribution in [0.25, 0.3) is 0 Å². The van der Waals surface area contributed by atoms with Gasteiger partial charge in [0.15, 0.2) is 0 Å². The van der Waals surface area contributed by atoms with Gasteiger partial charge in [0, 0.05) is 39.8 Å². The highest BCUT2D eigenvalue weighted by atomic mass is 16.2. The molecule has 1 fully saturated rings. The van der Waals surface area contributed by atoms with E-state index in [0.29, 0.717) is 6.04 Å². The number of aromatic nitrogens is 4. The Kier molecular flexibility index (Phi) is 3.68. The van der Waals surface area contributed by atoms with Crippen LogP contribution in [0.4, 0.5) is 0 Å². The maximum Gasteiger partial charge on any atom is 0.230 e. The number of nitrogens with one attached hydrogen (secondary N) is 1. The Balaban J connectivity index is 1.57. The molecular weight excluding hydrogens is 304 g/mol. The first-order valence-corrected chi connectivity index (χ1v) is 8.53. The lowest BCUT2D eigenvalue weighted by molar-refractivity contribution is -0.123. The van der Waals surface area contributed by atoms with Crippen molar-refractivity contribution in [3.63, 3.8) is 0 Å². The summed E-state index contributed by atoms with van der Waals surface area (Å²) in [6, 6.07) is 2.48. The summed E-state index contributed by atoms with van der Waals surface area (Å²) < 4.78 is 3.92. The average molecular weight is 328 g/mol. The molecule has 1 atom stereocenters. The highest BCUT2D eigenvalue weighted by Gasteiger charge is 2.36. The first kappa shape index (κ1) is 15.4. The van der Waals surface area contributed by atoms with E-state index in [4.69, 9.17) is 0 Å². The lowest BCUT2D eigenvalue weighted by atomic mass is 9.97. The molecule has 1 aliphatic heterocycles. The summed E-state index contributed by atoms with van der Waals surface area (Å²) in [7, 11) is 3.94. The van der Waals surface area contributed by atoms with E-state index in [0.717, 1.165) is 55.3 Å². The maximum atomic E-state index is 12.7. The van der Waals surface area contributed by atoms with Crippen molar-refractivity contribution < 1.29 is 4.79 Å². The van der Waals surface area contributed by atoms with Gasteiger partial charge >= 0.3 is 0 Å². The lowest BCUT2D eigenvalue weighted by Gasteiger charge is -2.32. The number of aryl methyl sites for hydroxylation is 3. The Labute approximate surface area is 141 Å². The molecule has 0 saturated heterocycles. The van der Waals surface area contributed by atoms with Gasteiger partial charge in [-0.05, 0) is 25.8 Å². The lowest BCUT2D eigenvalue weighted by Crippen LogP contribution is -2.42. The fraction of sp³-hybridized carbons (Fsp3) is 0.588. The zero-order chi connectivity index (χ0) is 16.8. The largest absolute Gasteiger partial charge is 0.353 e. The van der Waals surface area contributed by atoms with Crippen molar-refractivity contribution >= 4 is 5.91 Å². The minimum Gasteiger partial charge on any atom is -0.353 e. The van der Waals surface area contributed by atoms with Gasteiger partial charge in [0.25, 0.3) is 0 Å². The molecule has 0 unspecified atom stereocenters. The molecule has 1 amide bonds. The van der Waals surface area contributed by atoms with Crippen LogP contribution < -0.4 is 5.32 Å². The van der Waals surface area contributed by atoms with Crippen molar-refractivity contribution in [3.05, 3.63) is 35.2 Å². The van der Waals surface area contributed by atoms with Crippen LogP contribution in [0.3, 0.4) is 0 Å². The molecule has 128 valence electrons. The summed E-state index contributed by atoms with van der Waals surface area (Å²) in [5.74, 6) is -0.0237. The Morgan fingerprint density at radius 1 is 1.38 bits per heavy atom. The quantitative estimate of drug-likeness (QED) is 0.903. The SMILES string of the molecule is Cc1cc(CN2Cc3ncn(C)c3[C@@H](C(=O)NC3CC3)C2)n(C)n1. The van der Waals surface area contributed by atoms with Crippen LogP contribution in [0.2, 0.25) is 0 Å². The normalized spacial score (nSPS) is 20.9. The van der Waals surface area contributed by atoms with Crippen LogP contribution in [0.1, 0.15) is 41.5 Å². The van der Waals surface area contributed by atoms with E-state index in [9.17, 15) is 4.79 Å². The van der Waals surface area contributed by atoms with Gasteiger partial charge in [-0.25, -0.2) is 4.98 Å². The van der Waals surface area contributed by atoms with Crippen LogP contribution in [-0.2, 0) is 32.0 Å². The molecule has 1 aliphatic carbocycles. The third kappa shape index (κ3) is 2.84.